The molecule has 1 aromatic heterocycles. The average Bonchev–Trinajstić information content (AvgIpc) is 2.84. The van der Waals surface area contributed by atoms with Gasteiger partial charge in [0.15, 0.2) is 0 Å². The van der Waals surface area contributed by atoms with E-state index in [0.717, 1.165) is 30.8 Å². The molecule has 2 N–H and O–H groups in total. The van der Waals surface area contributed by atoms with E-state index in [2.05, 4.69) is 16.0 Å². The van der Waals surface area contributed by atoms with Crippen molar-refractivity contribution in [2.75, 3.05) is 18.0 Å². The monoisotopic (exact) mass is 242 g/mol. The Morgan fingerprint density at radius 2 is 2.28 bits per heavy atom. The smallest absolute Gasteiger partial charge is 0.101 e. The lowest BCUT2D eigenvalue weighted by Gasteiger charge is -2.29. The van der Waals surface area contributed by atoms with Crippen molar-refractivity contribution in [3.63, 3.8) is 0 Å². The fourth-order valence-corrected chi connectivity index (χ4v) is 3.45. The molecule has 1 aromatic rings. The third-order valence-electron chi connectivity index (χ3n) is 4.42. The van der Waals surface area contributed by atoms with Gasteiger partial charge in [-0.3, -0.25) is 4.98 Å². The van der Waals surface area contributed by atoms with Gasteiger partial charge in [-0.1, -0.05) is 6.42 Å². The molecule has 18 heavy (non-hydrogen) atoms. The van der Waals surface area contributed by atoms with Crippen molar-refractivity contribution in [3.8, 4) is 6.07 Å². The highest BCUT2D eigenvalue weighted by Gasteiger charge is 2.39. The summed E-state index contributed by atoms with van der Waals surface area (Å²) in [4.78, 5) is 6.45. The van der Waals surface area contributed by atoms with Gasteiger partial charge in [0.1, 0.15) is 6.07 Å². The number of nitrogens with two attached hydrogens (primary N) is 1. The van der Waals surface area contributed by atoms with E-state index in [4.69, 9.17) is 11.0 Å². The van der Waals surface area contributed by atoms with Gasteiger partial charge in [-0.25, -0.2) is 0 Å². The van der Waals surface area contributed by atoms with Crippen LogP contribution in [0.3, 0.4) is 0 Å². The fraction of sp³-hybridized carbons (Fsp3) is 0.571. The third-order valence-corrected chi connectivity index (χ3v) is 4.42. The molecule has 3 rings (SSSR count). The van der Waals surface area contributed by atoms with Gasteiger partial charge in [-0.05, 0) is 30.7 Å². The zero-order valence-electron chi connectivity index (χ0n) is 10.4. The summed E-state index contributed by atoms with van der Waals surface area (Å²) in [6, 6.07) is 4.37. The van der Waals surface area contributed by atoms with Crippen LogP contribution in [0, 0.1) is 23.2 Å². The number of fused-ring (bicyclic) bond motifs is 1. The normalized spacial score (nSPS) is 30.9. The van der Waals surface area contributed by atoms with E-state index < -0.39 is 0 Å². The Labute approximate surface area is 107 Å². The van der Waals surface area contributed by atoms with Crippen LogP contribution in [0.5, 0.6) is 0 Å². The molecule has 4 heteroatoms. The SMILES string of the molecule is N#Cc1ccncc1N1CC2CCCC(N)C2C1. The van der Waals surface area contributed by atoms with Gasteiger partial charge < -0.3 is 10.6 Å². The molecule has 94 valence electrons. The molecule has 4 nitrogen and oxygen atoms in total. The van der Waals surface area contributed by atoms with E-state index >= 15 is 0 Å². The van der Waals surface area contributed by atoms with Gasteiger partial charge >= 0.3 is 0 Å². The second kappa shape index (κ2) is 4.58. The predicted octanol–water partition coefficient (Wildman–Crippen LogP) is 1.52. The average molecular weight is 242 g/mol. The summed E-state index contributed by atoms with van der Waals surface area (Å²) in [5.41, 5.74) is 7.92. The molecule has 0 bridgehead atoms. The predicted molar refractivity (Wildman–Crippen MR) is 70.0 cm³/mol. The lowest BCUT2D eigenvalue weighted by atomic mass is 9.78. The first kappa shape index (κ1) is 11.5. The summed E-state index contributed by atoms with van der Waals surface area (Å²) in [6.07, 6.45) is 7.15. The van der Waals surface area contributed by atoms with Gasteiger partial charge in [-0.15, -0.1) is 0 Å². The first-order chi connectivity index (χ1) is 8.79. The molecule has 0 spiro atoms. The van der Waals surface area contributed by atoms with Crippen molar-refractivity contribution in [2.45, 2.75) is 25.3 Å². The number of aromatic nitrogens is 1. The van der Waals surface area contributed by atoms with Crippen LogP contribution in [-0.4, -0.2) is 24.1 Å². The zero-order chi connectivity index (χ0) is 12.5. The maximum Gasteiger partial charge on any atom is 0.101 e. The summed E-state index contributed by atoms with van der Waals surface area (Å²) in [5, 5.41) is 9.16. The molecule has 1 saturated heterocycles. The van der Waals surface area contributed by atoms with Gasteiger partial charge in [0.05, 0.1) is 17.4 Å². The number of rotatable bonds is 1. The topological polar surface area (TPSA) is 65.9 Å². The number of anilines is 1. The van der Waals surface area contributed by atoms with Crippen molar-refractivity contribution < 1.29 is 0 Å². The third kappa shape index (κ3) is 1.85. The van der Waals surface area contributed by atoms with Crippen LogP contribution in [0.15, 0.2) is 18.5 Å². The minimum Gasteiger partial charge on any atom is -0.369 e. The molecule has 3 atom stereocenters. The Morgan fingerprint density at radius 1 is 1.39 bits per heavy atom. The first-order valence-electron chi connectivity index (χ1n) is 6.64. The standard InChI is InChI=1S/C14H18N4/c15-6-10-4-5-17-7-14(10)18-8-11-2-1-3-13(16)12(11)9-18/h4-5,7,11-13H,1-3,8-9,16H2. The van der Waals surface area contributed by atoms with Crippen LogP contribution >= 0.6 is 0 Å². The Balaban J connectivity index is 1.85. The highest BCUT2D eigenvalue weighted by Crippen LogP contribution is 2.38. The molecule has 0 radical (unpaired) electrons. The lowest BCUT2D eigenvalue weighted by Crippen LogP contribution is -2.38. The van der Waals surface area contributed by atoms with Crippen LogP contribution in [0.25, 0.3) is 0 Å². The molecule has 3 unspecified atom stereocenters. The fourth-order valence-electron chi connectivity index (χ4n) is 3.45. The Morgan fingerprint density at radius 3 is 3.06 bits per heavy atom. The minimum absolute atomic E-state index is 0.330. The quantitative estimate of drug-likeness (QED) is 0.810. The molecule has 1 saturated carbocycles. The molecule has 1 aliphatic heterocycles. The molecule has 0 amide bonds. The van der Waals surface area contributed by atoms with Crippen LogP contribution in [0.1, 0.15) is 24.8 Å². The van der Waals surface area contributed by atoms with Crippen LogP contribution in [0.4, 0.5) is 5.69 Å². The Bertz CT molecular complexity index is 479. The number of pyridine rings is 1. The minimum atomic E-state index is 0.330. The van der Waals surface area contributed by atoms with Gasteiger partial charge in [0, 0.05) is 25.3 Å². The molecule has 2 aliphatic rings. The summed E-state index contributed by atoms with van der Waals surface area (Å²) < 4.78 is 0. The van der Waals surface area contributed by atoms with Crippen molar-refractivity contribution in [2.24, 2.45) is 17.6 Å². The van der Waals surface area contributed by atoms with Crippen LogP contribution in [0.2, 0.25) is 0 Å². The van der Waals surface area contributed by atoms with E-state index in [1.54, 1.807) is 18.5 Å². The van der Waals surface area contributed by atoms with Gasteiger partial charge in [-0.2, -0.15) is 5.26 Å². The second-order valence-corrected chi connectivity index (χ2v) is 5.43. The summed E-state index contributed by atoms with van der Waals surface area (Å²) >= 11 is 0. The maximum atomic E-state index is 9.16. The van der Waals surface area contributed by atoms with Crippen LogP contribution < -0.4 is 10.6 Å². The van der Waals surface area contributed by atoms with Crippen molar-refractivity contribution in [3.05, 3.63) is 24.0 Å². The number of nitrogens with zero attached hydrogens (tertiary/aromatic N) is 3. The summed E-state index contributed by atoms with van der Waals surface area (Å²) in [7, 11) is 0. The molecule has 0 aromatic carbocycles. The lowest BCUT2D eigenvalue weighted by molar-refractivity contribution is 0.260. The molecule has 1 aliphatic carbocycles. The Kier molecular flexibility index (Phi) is 2.92. The molecule has 2 heterocycles. The van der Waals surface area contributed by atoms with Gasteiger partial charge in [0.2, 0.25) is 0 Å². The molecular weight excluding hydrogens is 224 g/mol. The van der Waals surface area contributed by atoms with E-state index in [0.29, 0.717) is 17.9 Å². The van der Waals surface area contributed by atoms with E-state index in [1.165, 1.54) is 12.8 Å². The highest BCUT2D eigenvalue weighted by atomic mass is 15.2. The van der Waals surface area contributed by atoms with Crippen molar-refractivity contribution in [1.29, 1.82) is 5.26 Å². The van der Waals surface area contributed by atoms with Gasteiger partial charge in [0.25, 0.3) is 0 Å². The van der Waals surface area contributed by atoms with Crippen molar-refractivity contribution in [1.82, 2.24) is 4.98 Å². The van der Waals surface area contributed by atoms with Crippen LogP contribution in [-0.2, 0) is 0 Å². The first-order valence-corrected chi connectivity index (χ1v) is 6.64. The second-order valence-electron chi connectivity index (χ2n) is 5.43. The number of hydrogen-bond donors (Lipinski definition) is 1. The summed E-state index contributed by atoms with van der Waals surface area (Å²) in [5.74, 6) is 1.28. The van der Waals surface area contributed by atoms with E-state index in [-0.39, 0.29) is 0 Å². The number of nitriles is 1. The highest BCUT2D eigenvalue weighted by molar-refractivity contribution is 5.58. The van der Waals surface area contributed by atoms with E-state index in [9.17, 15) is 0 Å². The maximum absolute atomic E-state index is 9.16. The zero-order valence-corrected chi connectivity index (χ0v) is 10.4. The van der Waals surface area contributed by atoms with E-state index in [1.807, 2.05) is 0 Å². The molecule has 2 fully saturated rings. The number of hydrogen-bond acceptors (Lipinski definition) is 4. The Hall–Kier alpha value is -1.60. The molecular formula is C14H18N4. The largest absolute Gasteiger partial charge is 0.369 e. The summed E-state index contributed by atoms with van der Waals surface area (Å²) in [6.45, 7) is 2.00. The van der Waals surface area contributed by atoms with Crippen molar-refractivity contribution >= 4 is 5.69 Å².